The fourth-order valence-corrected chi connectivity index (χ4v) is 1.24. The zero-order chi connectivity index (χ0) is 9.97. The number of rotatable bonds is 3. The summed E-state index contributed by atoms with van der Waals surface area (Å²) in [4.78, 5) is 7.90. The average Bonchev–Trinajstić information content (AvgIpc) is 2.61. The first-order chi connectivity index (χ1) is 6.81. The predicted octanol–water partition coefficient (Wildman–Crippen LogP) is 1.57. The van der Waals surface area contributed by atoms with Crippen LogP contribution in [0.5, 0.6) is 5.88 Å². The van der Waals surface area contributed by atoms with E-state index in [2.05, 4.69) is 15.1 Å². The quantitative estimate of drug-likeness (QED) is 0.725. The lowest BCUT2D eigenvalue weighted by Crippen LogP contribution is -2.02. The molecule has 0 spiro atoms. The van der Waals surface area contributed by atoms with Gasteiger partial charge in [0.2, 0.25) is 5.88 Å². The lowest BCUT2D eigenvalue weighted by Gasteiger charge is -2.05. The van der Waals surface area contributed by atoms with Gasteiger partial charge in [0, 0.05) is 6.07 Å². The van der Waals surface area contributed by atoms with Crippen LogP contribution in [0.1, 0.15) is 13.3 Å². The van der Waals surface area contributed by atoms with E-state index in [1.54, 1.807) is 6.07 Å². The van der Waals surface area contributed by atoms with E-state index in [0.29, 0.717) is 23.4 Å². The number of nitrogens with zero attached hydrogens (tertiary/aromatic N) is 4. The maximum Gasteiger partial charge on any atom is 0.256 e. The summed E-state index contributed by atoms with van der Waals surface area (Å²) >= 11 is 5.79. The molecule has 0 amide bonds. The van der Waals surface area contributed by atoms with Crippen LogP contribution in [0.4, 0.5) is 0 Å². The van der Waals surface area contributed by atoms with Crippen LogP contribution in [-0.4, -0.2) is 26.2 Å². The summed E-state index contributed by atoms with van der Waals surface area (Å²) in [5, 5.41) is 4.33. The molecule has 0 unspecified atom stereocenters. The van der Waals surface area contributed by atoms with Crippen molar-refractivity contribution in [2.24, 2.45) is 0 Å². The van der Waals surface area contributed by atoms with Crippen LogP contribution in [0.25, 0.3) is 5.78 Å². The number of hydrogen-bond donors (Lipinski definition) is 0. The van der Waals surface area contributed by atoms with E-state index < -0.39 is 0 Å². The highest BCUT2D eigenvalue weighted by atomic mass is 35.5. The molecule has 0 aliphatic heterocycles. The molecule has 0 saturated heterocycles. The summed E-state index contributed by atoms with van der Waals surface area (Å²) in [6.07, 6.45) is 2.34. The van der Waals surface area contributed by atoms with E-state index in [9.17, 15) is 0 Å². The van der Waals surface area contributed by atoms with Gasteiger partial charge in [-0.2, -0.15) is 19.6 Å². The van der Waals surface area contributed by atoms with Gasteiger partial charge < -0.3 is 4.74 Å². The second-order valence-electron chi connectivity index (χ2n) is 2.74. The van der Waals surface area contributed by atoms with Crippen molar-refractivity contribution in [1.82, 2.24) is 19.6 Å². The van der Waals surface area contributed by atoms with E-state index >= 15 is 0 Å². The second kappa shape index (κ2) is 3.79. The average molecular weight is 213 g/mol. The molecule has 2 aromatic heterocycles. The molecule has 74 valence electrons. The van der Waals surface area contributed by atoms with Crippen molar-refractivity contribution in [2.45, 2.75) is 13.3 Å². The summed E-state index contributed by atoms with van der Waals surface area (Å²) in [6, 6.07) is 1.62. The van der Waals surface area contributed by atoms with Gasteiger partial charge in [-0.1, -0.05) is 18.5 Å². The van der Waals surface area contributed by atoms with Gasteiger partial charge in [-0.3, -0.25) is 0 Å². The molecule has 0 aliphatic carbocycles. The molecular weight excluding hydrogens is 204 g/mol. The van der Waals surface area contributed by atoms with E-state index in [4.69, 9.17) is 16.3 Å². The maximum atomic E-state index is 5.79. The third-order valence-electron chi connectivity index (χ3n) is 1.64. The van der Waals surface area contributed by atoms with Crippen LogP contribution in [-0.2, 0) is 0 Å². The van der Waals surface area contributed by atoms with Crippen molar-refractivity contribution in [1.29, 1.82) is 0 Å². The Hall–Kier alpha value is -1.36. The second-order valence-corrected chi connectivity index (χ2v) is 3.12. The normalized spacial score (nSPS) is 10.7. The first-order valence-corrected chi connectivity index (χ1v) is 4.68. The van der Waals surface area contributed by atoms with Gasteiger partial charge in [0.1, 0.15) is 11.5 Å². The number of fused-ring (bicyclic) bond motifs is 1. The van der Waals surface area contributed by atoms with Gasteiger partial charge in [0.25, 0.3) is 5.78 Å². The van der Waals surface area contributed by atoms with E-state index in [-0.39, 0.29) is 0 Å². The Kier molecular flexibility index (Phi) is 2.49. The summed E-state index contributed by atoms with van der Waals surface area (Å²) < 4.78 is 6.96. The minimum atomic E-state index is 0.358. The largest absolute Gasteiger partial charge is 0.477 e. The Morgan fingerprint density at radius 3 is 3.21 bits per heavy atom. The Labute approximate surface area is 85.7 Å². The van der Waals surface area contributed by atoms with Gasteiger partial charge in [-0.25, -0.2) is 0 Å². The molecule has 0 aliphatic rings. The van der Waals surface area contributed by atoms with E-state index in [0.717, 1.165) is 6.42 Å². The molecule has 0 fully saturated rings. The molecule has 2 aromatic rings. The maximum absolute atomic E-state index is 5.79. The first kappa shape index (κ1) is 9.21. The molecule has 14 heavy (non-hydrogen) atoms. The SMILES string of the molecule is CCCOc1cc(Cl)nc2ncnn12. The predicted molar refractivity (Wildman–Crippen MR) is 51.6 cm³/mol. The van der Waals surface area contributed by atoms with Gasteiger partial charge in [-0.05, 0) is 6.42 Å². The van der Waals surface area contributed by atoms with Gasteiger partial charge >= 0.3 is 0 Å². The molecule has 0 atom stereocenters. The highest BCUT2D eigenvalue weighted by Crippen LogP contribution is 2.16. The Balaban J connectivity index is 2.44. The molecule has 6 heteroatoms. The Bertz CT molecular complexity index is 442. The van der Waals surface area contributed by atoms with Crippen LogP contribution >= 0.6 is 11.6 Å². The highest BCUT2D eigenvalue weighted by Gasteiger charge is 2.06. The van der Waals surface area contributed by atoms with Crippen molar-refractivity contribution >= 4 is 17.4 Å². The van der Waals surface area contributed by atoms with Crippen LogP contribution in [0.15, 0.2) is 12.4 Å². The standard InChI is InChI=1S/C8H9ClN4O/c1-2-3-14-7-4-6(9)12-8-10-5-11-13(7)8/h4-5H,2-3H2,1H3. The van der Waals surface area contributed by atoms with Crippen molar-refractivity contribution in [3.63, 3.8) is 0 Å². The topological polar surface area (TPSA) is 52.3 Å². The van der Waals surface area contributed by atoms with Crippen LogP contribution < -0.4 is 4.74 Å². The van der Waals surface area contributed by atoms with Gasteiger partial charge in [0.15, 0.2) is 0 Å². The zero-order valence-corrected chi connectivity index (χ0v) is 8.40. The lowest BCUT2D eigenvalue weighted by atomic mass is 10.5. The van der Waals surface area contributed by atoms with Gasteiger partial charge in [-0.15, -0.1) is 0 Å². The fraction of sp³-hybridized carbons (Fsp3) is 0.375. The molecular formula is C8H9ClN4O. The van der Waals surface area contributed by atoms with Gasteiger partial charge in [0.05, 0.1) is 6.61 Å². The molecule has 0 N–H and O–H groups in total. The van der Waals surface area contributed by atoms with E-state index in [1.807, 2.05) is 6.92 Å². The number of aromatic nitrogens is 4. The third kappa shape index (κ3) is 1.63. The molecule has 5 nitrogen and oxygen atoms in total. The van der Waals surface area contributed by atoms with E-state index in [1.165, 1.54) is 10.8 Å². The molecule has 0 radical (unpaired) electrons. The lowest BCUT2D eigenvalue weighted by molar-refractivity contribution is 0.297. The monoisotopic (exact) mass is 212 g/mol. The van der Waals surface area contributed by atoms with Crippen molar-refractivity contribution in [2.75, 3.05) is 6.61 Å². The molecule has 0 saturated carbocycles. The summed E-state index contributed by atoms with van der Waals surface area (Å²) in [5.74, 6) is 1.02. The summed E-state index contributed by atoms with van der Waals surface area (Å²) in [6.45, 7) is 2.65. The zero-order valence-electron chi connectivity index (χ0n) is 7.64. The fourth-order valence-electron chi connectivity index (χ4n) is 1.07. The molecule has 0 bridgehead atoms. The van der Waals surface area contributed by atoms with Crippen LogP contribution in [0.2, 0.25) is 5.15 Å². The van der Waals surface area contributed by atoms with Crippen molar-refractivity contribution in [3.8, 4) is 5.88 Å². The minimum absolute atomic E-state index is 0.358. The third-order valence-corrected chi connectivity index (χ3v) is 1.84. The Morgan fingerprint density at radius 2 is 2.43 bits per heavy atom. The molecule has 2 heterocycles. The van der Waals surface area contributed by atoms with Crippen LogP contribution in [0, 0.1) is 0 Å². The summed E-state index contributed by atoms with van der Waals surface area (Å²) in [7, 11) is 0. The smallest absolute Gasteiger partial charge is 0.256 e. The highest BCUT2D eigenvalue weighted by molar-refractivity contribution is 6.29. The molecule has 0 aromatic carbocycles. The minimum Gasteiger partial charge on any atom is -0.477 e. The number of ether oxygens (including phenoxy) is 1. The van der Waals surface area contributed by atoms with Crippen molar-refractivity contribution in [3.05, 3.63) is 17.5 Å². The Morgan fingerprint density at radius 1 is 1.57 bits per heavy atom. The first-order valence-electron chi connectivity index (χ1n) is 4.30. The van der Waals surface area contributed by atoms with Crippen LogP contribution in [0.3, 0.4) is 0 Å². The van der Waals surface area contributed by atoms with Crippen molar-refractivity contribution < 1.29 is 4.74 Å². The number of halogens is 1. The molecule has 2 rings (SSSR count). The summed E-state index contributed by atoms with van der Waals surface area (Å²) in [5.41, 5.74) is 0. The number of hydrogen-bond acceptors (Lipinski definition) is 4.